The molecule has 0 aromatic heterocycles. The normalized spacial score (nSPS) is 17.3. The molecule has 2 atom stereocenters. The number of hydrogen-bond donors (Lipinski definition) is 2. The van der Waals surface area contributed by atoms with Crippen LogP contribution in [0.4, 0.5) is 0 Å². The summed E-state index contributed by atoms with van der Waals surface area (Å²) in [6.07, 6.45) is 0.497. The lowest BCUT2D eigenvalue weighted by Crippen LogP contribution is -2.51. The van der Waals surface area contributed by atoms with Gasteiger partial charge in [0.25, 0.3) is 0 Å². The first-order valence-electron chi connectivity index (χ1n) is 9.95. The van der Waals surface area contributed by atoms with Crippen molar-refractivity contribution in [3.8, 4) is 0 Å². The van der Waals surface area contributed by atoms with Crippen molar-refractivity contribution >= 4 is 32.7 Å². The highest BCUT2D eigenvalue weighted by atomic mass is 32.2. The van der Waals surface area contributed by atoms with Crippen LogP contribution in [0.5, 0.6) is 0 Å². The highest BCUT2D eigenvalue weighted by Crippen LogP contribution is 2.23. The Balaban J connectivity index is 1.64. The van der Waals surface area contributed by atoms with Crippen molar-refractivity contribution in [2.45, 2.75) is 29.8 Å². The SMILES string of the molecule is O=C(N[C@H]1CCOC1=O)[C@H](Cc1ccccc1)NS(=O)(=O)c1cccc2ccccc12. The molecule has 4 rings (SSSR count). The van der Waals surface area contributed by atoms with Crippen molar-refractivity contribution in [1.82, 2.24) is 10.0 Å². The summed E-state index contributed by atoms with van der Waals surface area (Å²) in [5.41, 5.74) is 0.789. The van der Waals surface area contributed by atoms with Gasteiger partial charge in [0.1, 0.15) is 12.1 Å². The number of esters is 1. The second kappa shape index (κ2) is 8.87. The zero-order chi connectivity index (χ0) is 21.8. The van der Waals surface area contributed by atoms with Gasteiger partial charge in [0, 0.05) is 11.8 Å². The van der Waals surface area contributed by atoms with E-state index >= 15 is 0 Å². The zero-order valence-corrected chi connectivity index (χ0v) is 17.5. The number of cyclic esters (lactones) is 1. The lowest BCUT2D eigenvalue weighted by molar-refractivity contribution is -0.141. The maximum absolute atomic E-state index is 13.3. The summed E-state index contributed by atoms with van der Waals surface area (Å²) in [6.45, 7) is 0.231. The van der Waals surface area contributed by atoms with Crippen molar-refractivity contribution in [3.05, 3.63) is 78.4 Å². The Bertz CT molecular complexity index is 1210. The van der Waals surface area contributed by atoms with E-state index in [-0.39, 0.29) is 17.9 Å². The number of hydrogen-bond acceptors (Lipinski definition) is 5. The Labute approximate surface area is 180 Å². The van der Waals surface area contributed by atoms with Crippen LogP contribution < -0.4 is 10.0 Å². The third-order valence-electron chi connectivity index (χ3n) is 5.19. The van der Waals surface area contributed by atoms with E-state index in [0.29, 0.717) is 11.8 Å². The third kappa shape index (κ3) is 4.76. The fourth-order valence-electron chi connectivity index (χ4n) is 3.62. The number of fused-ring (bicyclic) bond motifs is 1. The summed E-state index contributed by atoms with van der Waals surface area (Å²) in [5, 5.41) is 3.97. The number of benzene rings is 3. The van der Waals surface area contributed by atoms with Crippen LogP contribution in [0.15, 0.2) is 77.7 Å². The molecule has 1 heterocycles. The summed E-state index contributed by atoms with van der Waals surface area (Å²) in [6, 6.07) is 19.4. The van der Waals surface area contributed by atoms with Crippen LogP contribution in [0.1, 0.15) is 12.0 Å². The van der Waals surface area contributed by atoms with Gasteiger partial charge in [0.15, 0.2) is 0 Å². The summed E-state index contributed by atoms with van der Waals surface area (Å²) in [7, 11) is -4.03. The van der Waals surface area contributed by atoms with Gasteiger partial charge in [-0.2, -0.15) is 4.72 Å². The van der Waals surface area contributed by atoms with Crippen LogP contribution in [0.3, 0.4) is 0 Å². The molecular weight excluding hydrogens is 416 g/mol. The first-order valence-corrected chi connectivity index (χ1v) is 11.4. The van der Waals surface area contributed by atoms with Gasteiger partial charge in [-0.3, -0.25) is 4.79 Å². The Kier molecular flexibility index (Phi) is 6.01. The smallest absolute Gasteiger partial charge is 0.328 e. The number of amides is 1. The Morgan fingerprint density at radius 3 is 2.45 bits per heavy atom. The summed E-state index contributed by atoms with van der Waals surface area (Å²) in [5.74, 6) is -1.08. The first-order chi connectivity index (χ1) is 14.9. The fraction of sp³-hybridized carbons (Fsp3) is 0.217. The van der Waals surface area contributed by atoms with E-state index in [1.54, 1.807) is 18.2 Å². The number of ether oxygens (including phenoxy) is 1. The topological polar surface area (TPSA) is 102 Å². The van der Waals surface area contributed by atoms with Crippen molar-refractivity contribution in [2.75, 3.05) is 6.61 Å². The van der Waals surface area contributed by atoms with E-state index in [1.807, 2.05) is 48.5 Å². The minimum Gasteiger partial charge on any atom is -0.464 e. The molecule has 0 spiro atoms. The van der Waals surface area contributed by atoms with Gasteiger partial charge >= 0.3 is 5.97 Å². The van der Waals surface area contributed by atoms with Gasteiger partial charge in [0.2, 0.25) is 15.9 Å². The van der Waals surface area contributed by atoms with E-state index in [0.717, 1.165) is 10.9 Å². The van der Waals surface area contributed by atoms with E-state index in [1.165, 1.54) is 6.07 Å². The molecule has 1 saturated heterocycles. The van der Waals surface area contributed by atoms with Crippen molar-refractivity contribution < 1.29 is 22.7 Å². The maximum atomic E-state index is 13.3. The standard InChI is InChI=1S/C23H22N2O5S/c26-22(24-19-13-14-30-23(19)27)20(15-16-7-2-1-3-8-16)25-31(28,29)21-12-6-10-17-9-4-5-11-18(17)21/h1-12,19-20,25H,13-15H2,(H,24,26)/t19-,20-/m0/s1. The zero-order valence-electron chi connectivity index (χ0n) is 16.7. The van der Waals surface area contributed by atoms with Crippen LogP contribution in [-0.2, 0) is 30.8 Å². The molecule has 7 nitrogen and oxygen atoms in total. The Morgan fingerprint density at radius 1 is 1.00 bits per heavy atom. The maximum Gasteiger partial charge on any atom is 0.328 e. The largest absolute Gasteiger partial charge is 0.464 e. The molecule has 8 heteroatoms. The average molecular weight is 439 g/mol. The van der Waals surface area contributed by atoms with E-state index in [4.69, 9.17) is 4.74 Å². The third-order valence-corrected chi connectivity index (χ3v) is 6.72. The number of sulfonamides is 1. The lowest BCUT2D eigenvalue weighted by Gasteiger charge is -2.20. The van der Waals surface area contributed by atoms with E-state index in [2.05, 4.69) is 10.0 Å². The molecule has 0 saturated carbocycles. The van der Waals surface area contributed by atoms with Crippen molar-refractivity contribution in [2.24, 2.45) is 0 Å². The Hall–Kier alpha value is -3.23. The lowest BCUT2D eigenvalue weighted by atomic mass is 10.1. The molecule has 1 amide bonds. The number of rotatable bonds is 7. The van der Waals surface area contributed by atoms with Crippen molar-refractivity contribution in [1.29, 1.82) is 0 Å². The van der Waals surface area contributed by atoms with Gasteiger partial charge in [-0.05, 0) is 23.4 Å². The van der Waals surface area contributed by atoms with Crippen LogP contribution in [0.2, 0.25) is 0 Å². The van der Waals surface area contributed by atoms with E-state index < -0.39 is 34.0 Å². The van der Waals surface area contributed by atoms with Gasteiger partial charge in [-0.25, -0.2) is 13.2 Å². The minimum absolute atomic E-state index is 0.0942. The van der Waals surface area contributed by atoms with Crippen LogP contribution in [-0.4, -0.2) is 39.0 Å². The Morgan fingerprint density at radius 2 is 1.71 bits per heavy atom. The first kappa shape index (κ1) is 21.0. The van der Waals surface area contributed by atoms with Crippen molar-refractivity contribution in [3.63, 3.8) is 0 Å². The molecule has 1 aliphatic rings. The minimum atomic E-state index is -4.03. The molecular formula is C23H22N2O5S. The molecule has 0 radical (unpaired) electrons. The molecule has 160 valence electrons. The number of carbonyl (C=O) groups excluding carboxylic acids is 2. The molecule has 3 aromatic rings. The predicted octanol–water partition coefficient (Wildman–Crippen LogP) is 2.16. The van der Waals surface area contributed by atoms with Gasteiger partial charge in [-0.1, -0.05) is 66.7 Å². The quantitative estimate of drug-likeness (QED) is 0.551. The molecule has 1 fully saturated rings. The second-order valence-corrected chi connectivity index (χ2v) is 9.04. The number of carbonyl (C=O) groups is 2. The molecule has 2 N–H and O–H groups in total. The molecule has 0 aliphatic carbocycles. The predicted molar refractivity (Wildman–Crippen MR) is 116 cm³/mol. The van der Waals surface area contributed by atoms with Gasteiger partial charge in [0.05, 0.1) is 11.5 Å². The second-order valence-electron chi connectivity index (χ2n) is 7.36. The van der Waals surface area contributed by atoms with Crippen LogP contribution in [0, 0.1) is 0 Å². The summed E-state index contributed by atoms with van der Waals surface area (Å²) in [4.78, 5) is 24.8. The fourth-order valence-corrected chi connectivity index (χ4v) is 5.04. The monoisotopic (exact) mass is 438 g/mol. The molecule has 31 heavy (non-hydrogen) atoms. The summed E-state index contributed by atoms with van der Waals surface area (Å²) >= 11 is 0. The number of nitrogens with one attached hydrogen (secondary N) is 2. The molecule has 3 aromatic carbocycles. The average Bonchev–Trinajstić information content (AvgIpc) is 3.17. The molecule has 1 aliphatic heterocycles. The summed E-state index contributed by atoms with van der Waals surface area (Å²) < 4.78 is 34.0. The molecule has 0 unspecified atom stereocenters. The van der Waals surface area contributed by atoms with Gasteiger partial charge in [-0.15, -0.1) is 0 Å². The molecule has 0 bridgehead atoms. The van der Waals surface area contributed by atoms with Gasteiger partial charge < -0.3 is 10.1 Å². The van der Waals surface area contributed by atoms with E-state index in [9.17, 15) is 18.0 Å². The van der Waals surface area contributed by atoms with Crippen LogP contribution >= 0.6 is 0 Å². The highest BCUT2D eigenvalue weighted by Gasteiger charge is 2.33. The van der Waals surface area contributed by atoms with Crippen LogP contribution in [0.25, 0.3) is 10.8 Å². The highest BCUT2D eigenvalue weighted by molar-refractivity contribution is 7.89.